The Morgan fingerprint density at radius 1 is 0.933 bits per heavy atom. The van der Waals surface area contributed by atoms with Crippen molar-refractivity contribution < 1.29 is 36.6 Å². The standard InChI is InChI=1S/C7H8F4O4/c1-4(12)14-6(8,9)3-7(10,11)15-5(2)13/h3H2,1-2H3. The van der Waals surface area contributed by atoms with E-state index >= 15 is 0 Å². The molecule has 0 saturated carbocycles. The van der Waals surface area contributed by atoms with E-state index < -0.39 is 30.6 Å². The van der Waals surface area contributed by atoms with Crippen molar-refractivity contribution in [1.82, 2.24) is 0 Å². The molecule has 0 radical (unpaired) electrons. The molecule has 8 heteroatoms. The summed E-state index contributed by atoms with van der Waals surface area (Å²) in [7, 11) is 0. The summed E-state index contributed by atoms with van der Waals surface area (Å²) in [6.45, 7) is 1.27. The molecule has 0 aromatic rings. The molecule has 0 amide bonds. The number of hydrogen-bond donors (Lipinski definition) is 0. The van der Waals surface area contributed by atoms with Crippen molar-refractivity contribution in [2.75, 3.05) is 0 Å². The van der Waals surface area contributed by atoms with E-state index in [9.17, 15) is 27.2 Å². The minimum Gasteiger partial charge on any atom is -0.401 e. The van der Waals surface area contributed by atoms with Crippen LogP contribution in [0.2, 0.25) is 0 Å². The highest BCUT2D eigenvalue weighted by atomic mass is 19.3. The summed E-state index contributed by atoms with van der Waals surface area (Å²) in [4.78, 5) is 20.2. The van der Waals surface area contributed by atoms with Gasteiger partial charge in [0.25, 0.3) is 0 Å². The second kappa shape index (κ2) is 4.45. The number of ether oxygens (including phenoxy) is 2. The minimum atomic E-state index is -4.38. The van der Waals surface area contributed by atoms with E-state index in [1.165, 1.54) is 0 Å². The summed E-state index contributed by atoms with van der Waals surface area (Å²) >= 11 is 0. The summed E-state index contributed by atoms with van der Waals surface area (Å²) in [5.74, 6) is -2.84. The molecule has 4 nitrogen and oxygen atoms in total. The van der Waals surface area contributed by atoms with Gasteiger partial charge >= 0.3 is 24.2 Å². The van der Waals surface area contributed by atoms with E-state index in [0.717, 1.165) is 0 Å². The largest absolute Gasteiger partial charge is 0.409 e. The lowest BCUT2D eigenvalue weighted by atomic mass is 10.4. The van der Waals surface area contributed by atoms with Gasteiger partial charge in [-0.1, -0.05) is 0 Å². The van der Waals surface area contributed by atoms with Gasteiger partial charge in [-0.15, -0.1) is 0 Å². The number of halogens is 4. The Morgan fingerprint density at radius 2 is 1.20 bits per heavy atom. The average molecular weight is 232 g/mol. The fourth-order valence-electron chi connectivity index (χ4n) is 0.732. The molecule has 0 heterocycles. The molecule has 0 aliphatic heterocycles. The quantitative estimate of drug-likeness (QED) is 0.546. The molecular formula is C7H8F4O4. The van der Waals surface area contributed by atoms with Gasteiger partial charge in [-0.2, -0.15) is 17.6 Å². The fraction of sp³-hybridized carbons (Fsp3) is 0.714. The molecule has 0 unspecified atom stereocenters. The second-order valence-corrected chi connectivity index (χ2v) is 2.64. The highest BCUT2D eigenvalue weighted by molar-refractivity contribution is 5.66. The summed E-state index contributed by atoms with van der Waals surface area (Å²) in [6.07, 6.45) is -11.0. The molecule has 0 bridgehead atoms. The minimum absolute atomic E-state index is 0.637. The van der Waals surface area contributed by atoms with Crippen LogP contribution in [0.3, 0.4) is 0 Å². The molecule has 15 heavy (non-hydrogen) atoms. The first-order chi connectivity index (χ1) is 6.54. The number of rotatable bonds is 4. The summed E-state index contributed by atoms with van der Waals surface area (Å²) in [6, 6.07) is 0. The first kappa shape index (κ1) is 13.7. The maximum Gasteiger partial charge on any atom is 0.409 e. The topological polar surface area (TPSA) is 52.6 Å². The Morgan fingerprint density at radius 3 is 1.40 bits per heavy atom. The molecule has 0 aromatic carbocycles. The number of carbonyl (C=O) groups excluding carboxylic acids is 2. The highest BCUT2D eigenvalue weighted by Gasteiger charge is 2.48. The average Bonchev–Trinajstić information content (AvgIpc) is 1.73. The molecule has 0 aromatic heterocycles. The van der Waals surface area contributed by atoms with E-state index in [0.29, 0.717) is 13.8 Å². The summed E-state index contributed by atoms with van der Waals surface area (Å²) < 4.78 is 56.6. The number of esters is 2. The van der Waals surface area contributed by atoms with Crippen molar-refractivity contribution in [1.29, 1.82) is 0 Å². The predicted octanol–water partition coefficient (Wildman–Crippen LogP) is 1.69. The van der Waals surface area contributed by atoms with Crippen LogP contribution in [0.4, 0.5) is 17.6 Å². The molecule has 0 spiro atoms. The van der Waals surface area contributed by atoms with Crippen molar-refractivity contribution in [3.8, 4) is 0 Å². The Bertz CT molecular complexity index is 238. The lowest BCUT2D eigenvalue weighted by Crippen LogP contribution is -2.35. The van der Waals surface area contributed by atoms with E-state index in [2.05, 4.69) is 9.47 Å². The van der Waals surface area contributed by atoms with E-state index in [-0.39, 0.29) is 0 Å². The zero-order valence-corrected chi connectivity index (χ0v) is 7.85. The third kappa shape index (κ3) is 6.69. The number of carbonyl (C=O) groups is 2. The van der Waals surface area contributed by atoms with Gasteiger partial charge in [0.1, 0.15) is 0 Å². The second-order valence-electron chi connectivity index (χ2n) is 2.64. The third-order valence-electron chi connectivity index (χ3n) is 0.998. The Kier molecular flexibility index (Phi) is 4.06. The van der Waals surface area contributed by atoms with Crippen molar-refractivity contribution in [3.05, 3.63) is 0 Å². The van der Waals surface area contributed by atoms with Crippen LogP contribution in [0.15, 0.2) is 0 Å². The van der Waals surface area contributed by atoms with Crippen LogP contribution in [0.5, 0.6) is 0 Å². The Hall–Kier alpha value is -1.34. The van der Waals surface area contributed by atoms with Crippen molar-refractivity contribution in [2.24, 2.45) is 0 Å². The Balaban J connectivity index is 4.42. The van der Waals surface area contributed by atoms with E-state index in [1.54, 1.807) is 0 Å². The normalized spacial score (nSPS) is 12.1. The van der Waals surface area contributed by atoms with Gasteiger partial charge in [-0.25, -0.2) is 0 Å². The molecule has 0 atom stereocenters. The van der Waals surface area contributed by atoms with Crippen molar-refractivity contribution >= 4 is 11.9 Å². The first-order valence-corrected chi connectivity index (χ1v) is 3.69. The van der Waals surface area contributed by atoms with E-state index in [1.807, 2.05) is 0 Å². The van der Waals surface area contributed by atoms with Gasteiger partial charge in [0.15, 0.2) is 6.42 Å². The monoisotopic (exact) mass is 232 g/mol. The van der Waals surface area contributed by atoms with Crippen LogP contribution in [-0.4, -0.2) is 24.2 Å². The fourth-order valence-corrected chi connectivity index (χ4v) is 0.732. The number of hydrogen-bond acceptors (Lipinski definition) is 4. The van der Waals surface area contributed by atoms with Gasteiger partial charge in [-0.3, -0.25) is 9.59 Å². The molecular weight excluding hydrogens is 224 g/mol. The molecule has 0 rings (SSSR count). The van der Waals surface area contributed by atoms with Gasteiger partial charge < -0.3 is 9.47 Å². The molecule has 88 valence electrons. The Labute approximate surface area is 82.1 Å². The zero-order valence-electron chi connectivity index (χ0n) is 7.85. The molecule has 0 saturated heterocycles. The lowest BCUT2D eigenvalue weighted by molar-refractivity contribution is -0.304. The summed E-state index contributed by atoms with van der Waals surface area (Å²) in [5, 5.41) is 0. The first-order valence-electron chi connectivity index (χ1n) is 3.69. The van der Waals surface area contributed by atoms with E-state index in [4.69, 9.17) is 0 Å². The molecule has 0 aliphatic carbocycles. The van der Waals surface area contributed by atoms with Crippen LogP contribution >= 0.6 is 0 Å². The zero-order chi connectivity index (χ0) is 12.3. The smallest absolute Gasteiger partial charge is 0.401 e. The van der Waals surface area contributed by atoms with Crippen molar-refractivity contribution in [3.63, 3.8) is 0 Å². The molecule has 0 fully saturated rings. The number of alkyl halides is 4. The molecule has 0 N–H and O–H groups in total. The predicted molar refractivity (Wildman–Crippen MR) is 38.0 cm³/mol. The van der Waals surface area contributed by atoms with Crippen LogP contribution in [0, 0.1) is 0 Å². The SMILES string of the molecule is CC(=O)OC(F)(F)CC(F)(F)OC(C)=O. The lowest BCUT2D eigenvalue weighted by Gasteiger charge is -2.21. The van der Waals surface area contributed by atoms with Crippen LogP contribution in [0.25, 0.3) is 0 Å². The highest BCUT2D eigenvalue weighted by Crippen LogP contribution is 2.32. The van der Waals surface area contributed by atoms with Gasteiger partial charge in [-0.05, 0) is 0 Å². The van der Waals surface area contributed by atoms with Gasteiger partial charge in [0, 0.05) is 13.8 Å². The summed E-state index contributed by atoms with van der Waals surface area (Å²) in [5.41, 5.74) is 0. The van der Waals surface area contributed by atoms with Gasteiger partial charge in [0.05, 0.1) is 0 Å². The third-order valence-corrected chi connectivity index (χ3v) is 0.998. The van der Waals surface area contributed by atoms with Crippen LogP contribution < -0.4 is 0 Å². The molecule has 0 aliphatic rings. The van der Waals surface area contributed by atoms with Gasteiger partial charge in [0.2, 0.25) is 0 Å². The maximum absolute atomic E-state index is 12.5. The van der Waals surface area contributed by atoms with Crippen LogP contribution in [0.1, 0.15) is 20.3 Å². The van der Waals surface area contributed by atoms with Crippen LogP contribution in [-0.2, 0) is 19.1 Å². The van der Waals surface area contributed by atoms with Crippen molar-refractivity contribution in [2.45, 2.75) is 32.5 Å². The maximum atomic E-state index is 12.5.